The van der Waals surface area contributed by atoms with E-state index in [0.29, 0.717) is 5.78 Å². The molecule has 0 aromatic heterocycles. The third kappa shape index (κ3) is 2.56. The van der Waals surface area contributed by atoms with Gasteiger partial charge in [0.2, 0.25) is 0 Å². The third-order valence-corrected chi connectivity index (χ3v) is 6.34. The number of ketones is 1. The number of carbonyl (C=O) groups is 1. The zero-order valence-corrected chi connectivity index (χ0v) is 12.9. The molecular weight excluding hydrogens is 256 g/mol. The van der Waals surface area contributed by atoms with Crippen molar-refractivity contribution in [3.05, 3.63) is 35.9 Å². The van der Waals surface area contributed by atoms with Crippen molar-refractivity contribution in [1.29, 1.82) is 0 Å². The van der Waals surface area contributed by atoms with E-state index in [-0.39, 0.29) is 5.41 Å². The van der Waals surface area contributed by atoms with Gasteiger partial charge in [-0.3, -0.25) is 4.79 Å². The highest BCUT2D eigenvalue weighted by Gasteiger charge is 2.53. The van der Waals surface area contributed by atoms with Crippen LogP contribution in [0.3, 0.4) is 0 Å². The molecule has 0 aliphatic heterocycles. The molecule has 0 unspecified atom stereocenters. The molecular formula is C20H26O. The summed E-state index contributed by atoms with van der Waals surface area (Å²) in [7, 11) is 0. The van der Waals surface area contributed by atoms with Crippen LogP contribution in [0, 0.1) is 23.2 Å². The van der Waals surface area contributed by atoms with Crippen LogP contribution >= 0.6 is 0 Å². The monoisotopic (exact) mass is 282 g/mol. The third-order valence-electron chi connectivity index (χ3n) is 6.34. The predicted molar refractivity (Wildman–Crippen MR) is 85.0 cm³/mol. The van der Waals surface area contributed by atoms with Gasteiger partial charge in [0.05, 0.1) is 0 Å². The molecule has 4 aliphatic rings. The van der Waals surface area contributed by atoms with Crippen LogP contribution in [0.15, 0.2) is 30.3 Å². The Hall–Kier alpha value is -1.11. The number of benzene rings is 1. The second kappa shape index (κ2) is 5.26. The average Bonchev–Trinajstić information content (AvgIpc) is 2.47. The Labute approximate surface area is 128 Å². The lowest BCUT2D eigenvalue weighted by Crippen LogP contribution is -2.50. The lowest BCUT2D eigenvalue weighted by molar-refractivity contribution is -0.143. The Bertz CT molecular complexity index is 481. The van der Waals surface area contributed by atoms with Crippen LogP contribution in [-0.2, 0) is 11.2 Å². The minimum atomic E-state index is 0.117. The highest BCUT2D eigenvalue weighted by molar-refractivity contribution is 5.85. The lowest BCUT2D eigenvalue weighted by Gasteiger charge is -2.56. The molecule has 21 heavy (non-hydrogen) atoms. The maximum absolute atomic E-state index is 12.9. The molecule has 112 valence electrons. The zero-order valence-electron chi connectivity index (χ0n) is 12.9. The SMILES string of the molecule is O=C(CCCc1ccccc1)C12CC3CC(CC(C3)C1)C2. The van der Waals surface area contributed by atoms with E-state index in [9.17, 15) is 4.79 Å². The van der Waals surface area contributed by atoms with Crippen LogP contribution in [0.2, 0.25) is 0 Å². The van der Waals surface area contributed by atoms with Crippen LogP contribution in [0.4, 0.5) is 0 Å². The predicted octanol–water partition coefficient (Wildman–Crippen LogP) is 4.79. The molecule has 0 spiro atoms. The summed E-state index contributed by atoms with van der Waals surface area (Å²) in [6, 6.07) is 10.6. The summed E-state index contributed by atoms with van der Waals surface area (Å²) < 4.78 is 0. The summed E-state index contributed by atoms with van der Waals surface area (Å²) >= 11 is 0. The van der Waals surface area contributed by atoms with E-state index < -0.39 is 0 Å². The fourth-order valence-corrected chi connectivity index (χ4v) is 5.82. The second-order valence-corrected chi connectivity index (χ2v) is 7.96. The zero-order chi connectivity index (χ0) is 14.3. The van der Waals surface area contributed by atoms with Crippen molar-refractivity contribution in [2.45, 2.75) is 57.8 Å². The number of Topliss-reactive ketones (excluding diaryl/α,β-unsaturated/α-hetero) is 1. The molecule has 4 bridgehead atoms. The van der Waals surface area contributed by atoms with Crippen LogP contribution in [0.1, 0.15) is 56.9 Å². The van der Waals surface area contributed by atoms with E-state index in [1.165, 1.54) is 44.1 Å². The molecule has 4 aliphatic carbocycles. The fraction of sp³-hybridized carbons (Fsp3) is 0.650. The van der Waals surface area contributed by atoms with Crippen molar-refractivity contribution >= 4 is 5.78 Å². The van der Waals surface area contributed by atoms with Gasteiger partial charge >= 0.3 is 0 Å². The van der Waals surface area contributed by atoms with Crippen LogP contribution in [0.25, 0.3) is 0 Å². The number of hydrogen-bond acceptors (Lipinski definition) is 1. The minimum Gasteiger partial charge on any atom is -0.299 e. The number of hydrogen-bond donors (Lipinski definition) is 0. The van der Waals surface area contributed by atoms with Gasteiger partial charge in [0, 0.05) is 11.8 Å². The van der Waals surface area contributed by atoms with Crippen molar-refractivity contribution < 1.29 is 4.79 Å². The Kier molecular flexibility index (Phi) is 3.40. The average molecular weight is 282 g/mol. The highest BCUT2D eigenvalue weighted by atomic mass is 16.1. The first-order valence-corrected chi connectivity index (χ1v) is 8.81. The molecule has 0 radical (unpaired) electrons. The molecule has 1 heteroatoms. The van der Waals surface area contributed by atoms with Gasteiger partial charge in [0.25, 0.3) is 0 Å². The molecule has 4 saturated carbocycles. The Morgan fingerprint density at radius 2 is 1.52 bits per heavy atom. The van der Waals surface area contributed by atoms with Crippen LogP contribution in [0.5, 0.6) is 0 Å². The summed E-state index contributed by atoms with van der Waals surface area (Å²) in [5.41, 5.74) is 1.49. The summed E-state index contributed by atoms with van der Waals surface area (Å²) in [6.07, 6.45) is 10.9. The first-order chi connectivity index (χ1) is 10.2. The van der Waals surface area contributed by atoms with Crippen LogP contribution < -0.4 is 0 Å². The number of carbonyl (C=O) groups excluding carboxylic acids is 1. The van der Waals surface area contributed by atoms with Gasteiger partial charge in [-0.15, -0.1) is 0 Å². The van der Waals surface area contributed by atoms with E-state index in [0.717, 1.165) is 37.0 Å². The van der Waals surface area contributed by atoms with E-state index >= 15 is 0 Å². The van der Waals surface area contributed by atoms with Crippen molar-refractivity contribution in [1.82, 2.24) is 0 Å². The molecule has 5 rings (SSSR count). The molecule has 0 amide bonds. The van der Waals surface area contributed by atoms with E-state index in [1.807, 2.05) is 0 Å². The van der Waals surface area contributed by atoms with Gasteiger partial charge in [0.1, 0.15) is 5.78 Å². The maximum atomic E-state index is 12.9. The topological polar surface area (TPSA) is 17.1 Å². The number of aryl methyl sites for hydroxylation is 1. The summed E-state index contributed by atoms with van der Waals surface area (Å²) in [6.45, 7) is 0. The normalized spacial score (nSPS) is 36.9. The van der Waals surface area contributed by atoms with Crippen molar-refractivity contribution in [3.8, 4) is 0 Å². The maximum Gasteiger partial charge on any atom is 0.139 e. The number of rotatable bonds is 5. The summed E-state index contributed by atoms with van der Waals surface area (Å²) in [5, 5.41) is 0. The fourth-order valence-electron chi connectivity index (χ4n) is 5.82. The smallest absolute Gasteiger partial charge is 0.139 e. The van der Waals surface area contributed by atoms with Gasteiger partial charge in [0.15, 0.2) is 0 Å². The van der Waals surface area contributed by atoms with Crippen molar-refractivity contribution in [3.63, 3.8) is 0 Å². The Morgan fingerprint density at radius 1 is 0.952 bits per heavy atom. The summed E-state index contributed by atoms with van der Waals surface area (Å²) in [4.78, 5) is 12.9. The van der Waals surface area contributed by atoms with Gasteiger partial charge in [-0.2, -0.15) is 0 Å². The van der Waals surface area contributed by atoms with Gasteiger partial charge in [-0.25, -0.2) is 0 Å². The quantitative estimate of drug-likeness (QED) is 0.758. The molecule has 1 aromatic carbocycles. The summed E-state index contributed by atoms with van der Waals surface area (Å²) in [5.74, 6) is 3.26. The first kappa shape index (κ1) is 13.5. The second-order valence-electron chi connectivity index (χ2n) is 7.96. The van der Waals surface area contributed by atoms with Crippen LogP contribution in [-0.4, -0.2) is 5.78 Å². The lowest BCUT2D eigenvalue weighted by atomic mass is 9.48. The minimum absolute atomic E-state index is 0.117. The van der Waals surface area contributed by atoms with Crippen molar-refractivity contribution in [2.75, 3.05) is 0 Å². The first-order valence-electron chi connectivity index (χ1n) is 8.81. The van der Waals surface area contributed by atoms with E-state index in [4.69, 9.17) is 0 Å². The molecule has 0 heterocycles. The molecule has 4 fully saturated rings. The van der Waals surface area contributed by atoms with E-state index in [1.54, 1.807) is 0 Å². The molecule has 0 saturated heterocycles. The molecule has 0 atom stereocenters. The van der Waals surface area contributed by atoms with Crippen molar-refractivity contribution in [2.24, 2.45) is 23.2 Å². The molecule has 1 aromatic rings. The standard InChI is InChI=1S/C20H26O/c21-19(8-4-7-15-5-2-1-3-6-15)20-12-16-9-17(13-20)11-18(10-16)14-20/h1-3,5-6,16-18H,4,7-14H2. The molecule has 0 N–H and O–H groups in total. The van der Waals surface area contributed by atoms with Gasteiger partial charge in [-0.05, 0) is 74.7 Å². The Balaban J connectivity index is 1.37. The van der Waals surface area contributed by atoms with Gasteiger partial charge in [-0.1, -0.05) is 30.3 Å². The van der Waals surface area contributed by atoms with E-state index in [2.05, 4.69) is 30.3 Å². The molecule has 1 nitrogen and oxygen atoms in total. The largest absolute Gasteiger partial charge is 0.299 e. The highest BCUT2D eigenvalue weighted by Crippen LogP contribution is 2.60. The Morgan fingerprint density at radius 3 is 2.10 bits per heavy atom. The van der Waals surface area contributed by atoms with Gasteiger partial charge < -0.3 is 0 Å².